The minimum Gasteiger partial charge on any atom is -0.382 e. The molecule has 4 heteroatoms. The van der Waals surface area contributed by atoms with Crippen molar-refractivity contribution in [2.24, 2.45) is 0 Å². The normalized spacial score (nSPS) is 14.7. The van der Waals surface area contributed by atoms with Gasteiger partial charge in [0.2, 0.25) is 0 Å². The molecule has 1 aliphatic carbocycles. The Labute approximate surface area is 100 Å². The first-order chi connectivity index (χ1) is 7.58. The van der Waals surface area contributed by atoms with Gasteiger partial charge in [-0.3, -0.25) is 4.79 Å². The van der Waals surface area contributed by atoms with Crippen LogP contribution in [0.15, 0.2) is 18.2 Å². The van der Waals surface area contributed by atoms with Crippen LogP contribution in [0.5, 0.6) is 0 Å². The summed E-state index contributed by atoms with van der Waals surface area (Å²) < 4.78 is 0. The molecule has 0 bridgehead atoms. The van der Waals surface area contributed by atoms with E-state index in [-0.39, 0.29) is 5.91 Å². The van der Waals surface area contributed by atoms with Crippen LogP contribution in [0.2, 0.25) is 5.02 Å². The standard InChI is InChI=1S/C12H15ClN2O/c1-15(2)12(16)10-6-3-8(13)7-11(10)14-9-4-5-9/h3,6-7,9,14H,4-5H2,1-2H3. The van der Waals surface area contributed by atoms with E-state index < -0.39 is 0 Å². The lowest BCUT2D eigenvalue weighted by molar-refractivity contribution is 0.0828. The first-order valence-corrected chi connectivity index (χ1v) is 5.73. The third kappa shape index (κ3) is 2.47. The molecule has 0 aromatic heterocycles. The van der Waals surface area contributed by atoms with E-state index in [4.69, 9.17) is 11.6 Å². The first-order valence-electron chi connectivity index (χ1n) is 5.35. The Morgan fingerprint density at radius 3 is 2.69 bits per heavy atom. The first kappa shape index (κ1) is 11.3. The Morgan fingerprint density at radius 1 is 1.44 bits per heavy atom. The molecule has 1 N–H and O–H groups in total. The zero-order valence-electron chi connectivity index (χ0n) is 9.46. The van der Waals surface area contributed by atoms with Gasteiger partial charge >= 0.3 is 0 Å². The summed E-state index contributed by atoms with van der Waals surface area (Å²) in [4.78, 5) is 13.5. The number of hydrogen-bond donors (Lipinski definition) is 1. The van der Waals surface area contributed by atoms with Gasteiger partial charge in [-0.15, -0.1) is 0 Å². The number of carbonyl (C=O) groups excluding carboxylic acids is 1. The summed E-state index contributed by atoms with van der Waals surface area (Å²) in [5, 5.41) is 3.98. The lowest BCUT2D eigenvalue weighted by Crippen LogP contribution is -2.23. The van der Waals surface area contributed by atoms with Crippen molar-refractivity contribution in [3.63, 3.8) is 0 Å². The van der Waals surface area contributed by atoms with Crippen LogP contribution in [-0.4, -0.2) is 30.9 Å². The number of anilines is 1. The molecule has 1 aromatic rings. The van der Waals surface area contributed by atoms with Crippen LogP contribution in [0.3, 0.4) is 0 Å². The number of carbonyl (C=O) groups is 1. The Kier molecular flexibility index (Phi) is 3.06. The van der Waals surface area contributed by atoms with Gasteiger partial charge in [0.15, 0.2) is 0 Å². The van der Waals surface area contributed by atoms with Crippen LogP contribution in [-0.2, 0) is 0 Å². The summed E-state index contributed by atoms with van der Waals surface area (Å²) in [5.74, 6) is -0.000170. The average Bonchev–Trinajstić information content (AvgIpc) is 3.01. The highest BCUT2D eigenvalue weighted by Gasteiger charge is 2.23. The van der Waals surface area contributed by atoms with Crippen molar-refractivity contribution < 1.29 is 4.79 Å². The number of hydrogen-bond acceptors (Lipinski definition) is 2. The van der Waals surface area contributed by atoms with Crippen LogP contribution >= 0.6 is 11.6 Å². The van der Waals surface area contributed by atoms with Crippen molar-refractivity contribution >= 4 is 23.2 Å². The summed E-state index contributed by atoms with van der Waals surface area (Å²) >= 11 is 5.94. The minimum absolute atomic E-state index is 0.000170. The van der Waals surface area contributed by atoms with Crippen LogP contribution in [0.1, 0.15) is 23.2 Å². The minimum atomic E-state index is -0.000170. The Balaban J connectivity index is 2.30. The Bertz CT molecular complexity index is 413. The third-order valence-electron chi connectivity index (χ3n) is 2.56. The molecule has 1 saturated carbocycles. The smallest absolute Gasteiger partial charge is 0.255 e. The van der Waals surface area contributed by atoms with Crippen LogP contribution in [0.4, 0.5) is 5.69 Å². The predicted molar refractivity (Wildman–Crippen MR) is 66.1 cm³/mol. The maximum absolute atomic E-state index is 11.9. The molecule has 0 aliphatic heterocycles. The molecular weight excluding hydrogens is 224 g/mol. The molecule has 0 saturated heterocycles. The van der Waals surface area contributed by atoms with E-state index in [0.29, 0.717) is 16.6 Å². The molecule has 0 radical (unpaired) electrons. The number of benzene rings is 1. The average molecular weight is 239 g/mol. The molecule has 16 heavy (non-hydrogen) atoms. The van der Waals surface area contributed by atoms with E-state index in [1.807, 2.05) is 6.07 Å². The van der Waals surface area contributed by atoms with Gasteiger partial charge in [0, 0.05) is 30.8 Å². The van der Waals surface area contributed by atoms with Crippen LogP contribution in [0, 0.1) is 0 Å². The second kappa shape index (κ2) is 4.34. The quantitative estimate of drug-likeness (QED) is 0.878. The van der Waals surface area contributed by atoms with Gasteiger partial charge < -0.3 is 10.2 Å². The highest BCUT2D eigenvalue weighted by atomic mass is 35.5. The summed E-state index contributed by atoms with van der Waals surface area (Å²) in [7, 11) is 3.50. The summed E-state index contributed by atoms with van der Waals surface area (Å²) in [6, 6.07) is 5.84. The molecule has 0 spiro atoms. The highest BCUT2D eigenvalue weighted by Crippen LogP contribution is 2.29. The lowest BCUT2D eigenvalue weighted by atomic mass is 10.1. The van der Waals surface area contributed by atoms with E-state index in [2.05, 4.69) is 5.32 Å². The van der Waals surface area contributed by atoms with E-state index in [0.717, 1.165) is 5.69 Å². The van der Waals surface area contributed by atoms with E-state index in [9.17, 15) is 4.79 Å². The topological polar surface area (TPSA) is 32.3 Å². The summed E-state index contributed by atoms with van der Waals surface area (Å²) in [6.45, 7) is 0. The predicted octanol–water partition coefficient (Wildman–Crippen LogP) is 2.62. The number of nitrogens with one attached hydrogen (secondary N) is 1. The number of rotatable bonds is 3. The van der Waals surface area contributed by atoms with Crippen molar-refractivity contribution in [3.8, 4) is 0 Å². The second-order valence-electron chi connectivity index (χ2n) is 4.31. The number of nitrogens with zero attached hydrogens (tertiary/aromatic N) is 1. The second-order valence-corrected chi connectivity index (χ2v) is 4.74. The molecule has 1 fully saturated rings. The molecule has 1 aliphatic rings. The fourth-order valence-electron chi connectivity index (χ4n) is 1.51. The van der Waals surface area contributed by atoms with Gasteiger partial charge in [0.1, 0.15) is 0 Å². The van der Waals surface area contributed by atoms with Crippen molar-refractivity contribution in [1.29, 1.82) is 0 Å². The SMILES string of the molecule is CN(C)C(=O)c1ccc(Cl)cc1NC1CC1. The highest BCUT2D eigenvalue weighted by molar-refractivity contribution is 6.31. The van der Waals surface area contributed by atoms with E-state index in [1.165, 1.54) is 12.8 Å². The Hall–Kier alpha value is -1.22. The monoisotopic (exact) mass is 238 g/mol. The number of amides is 1. The molecule has 3 nitrogen and oxygen atoms in total. The molecule has 86 valence electrons. The van der Waals surface area contributed by atoms with Crippen molar-refractivity contribution in [2.45, 2.75) is 18.9 Å². The third-order valence-corrected chi connectivity index (χ3v) is 2.79. The van der Waals surface area contributed by atoms with Gasteiger partial charge in [0.25, 0.3) is 5.91 Å². The van der Waals surface area contributed by atoms with Gasteiger partial charge in [-0.25, -0.2) is 0 Å². The summed E-state index contributed by atoms with van der Waals surface area (Å²) in [5.41, 5.74) is 1.52. The Morgan fingerprint density at radius 2 is 2.12 bits per heavy atom. The molecule has 1 aromatic carbocycles. The van der Waals surface area contributed by atoms with E-state index in [1.54, 1.807) is 31.1 Å². The van der Waals surface area contributed by atoms with Gasteiger partial charge in [-0.2, -0.15) is 0 Å². The molecule has 0 atom stereocenters. The lowest BCUT2D eigenvalue weighted by Gasteiger charge is -2.15. The molecule has 0 heterocycles. The van der Waals surface area contributed by atoms with Gasteiger partial charge in [-0.1, -0.05) is 11.6 Å². The van der Waals surface area contributed by atoms with Crippen molar-refractivity contribution in [1.82, 2.24) is 4.90 Å². The zero-order chi connectivity index (χ0) is 11.7. The van der Waals surface area contributed by atoms with Crippen molar-refractivity contribution in [2.75, 3.05) is 19.4 Å². The number of halogens is 1. The maximum atomic E-state index is 11.9. The van der Waals surface area contributed by atoms with E-state index >= 15 is 0 Å². The van der Waals surface area contributed by atoms with Crippen LogP contribution in [0.25, 0.3) is 0 Å². The zero-order valence-corrected chi connectivity index (χ0v) is 10.2. The van der Waals surface area contributed by atoms with Gasteiger partial charge in [-0.05, 0) is 31.0 Å². The largest absolute Gasteiger partial charge is 0.382 e. The van der Waals surface area contributed by atoms with Gasteiger partial charge in [0.05, 0.1) is 5.56 Å². The van der Waals surface area contributed by atoms with Crippen molar-refractivity contribution in [3.05, 3.63) is 28.8 Å². The maximum Gasteiger partial charge on any atom is 0.255 e. The molecule has 0 unspecified atom stereocenters. The fourth-order valence-corrected chi connectivity index (χ4v) is 1.68. The van der Waals surface area contributed by atoms with Crippen LogP contribution < -0.4 is 5.32 Å². The summed E-state index contributed by atoms with van der Waals surface area (Å²) in [6.07, 6.45) is 2.34. The molecule has 1 amide bonds. The molecule has 2 rings (SSSR count). The molecular formula is C12H15ClN2O. The fraction of sp³-hybridized carbons (Fsp3) is 0.417.